The first-order valence-electron chi connectivity index (χ1n) is 9.55. The minimum atomic E-state index is -0.454. The Balaban J connectivity index is 1.44. The van der Waals surface area contributed by atoms with Crippen LogP contribution in [0.5, 0.6) is 5.75 Å². The third-order valence-corrected chi connectivity index (χ3v) is 4.23. The van der Waals surface area contributed by atoms with Gasteiger partial charge in [-0.2, -0.15) is 5.10 Å². The molecule has 0 saturated heterocycles. The van der Waals surface area contributed by atoms with Crippen LogP contribution in [0, 0.1) is 6.92 Å². The quantitative estimate of drug-likeness (QED) is 0.268. The summed E-state index contributed by atoms with van der Waals surface area (Å²) in [5, 5.41) is 6.39. The molecule has 156 valence electrons. The minimum absolute atomic E-state index is 0.196. The molecule has 0 fully saturated rings. The normalized spacial score (nSPS) is 10.5. The Bertz CT molecular complexity index is 1080. The van der Waals surface area contributed by atoms with Crippen molar-refractivity contribution in [2.45, 2.75) is 6.92 Å². The van der Waals surface area contributed by atoms with E-state index in [9.17, 15) is 14.4 Å². The lowest BCUT2D eigenvalue weighted by Gasteiger charge is -2.05. The van der Waals surface area contributed by atoms with E-state index in [0.717, 1.165) is 5.56 Å². The largest absolute Gasteiger partial charge is 0.423 e. The van der Waals surface area contributed by atoms with E-state index in [1.807, 2.05) is 25.1 Å². The molecule has 31 heavy (non-hydrogen) atoms. The third kappa shape index (κ3) is 6.64. The van der Waals surface area contributed by atoms with E-state index in [1.165, 1.54) is 6.21 Å². The molecular weight excluding hydrogens is 394 g/mol. The van der Waals surface area contributed by atoms with Crippen molar-refractivity contribution in [1.82, 2.24) is 10.7 Å². The number of amides is 2. The summed E-state index contributed by atoms with van der Waals surface area (Å²) in [6, 6.07) is 22.4. The molecule has 7 nitrogen and oxygen atoms in total. The van der Waals surface area contributed by atoms with E-state index in [-0.39, 0.29) is 12.5 Å². The first-order chi connectivity index (χ1) is 15.0. The molecule has 2 amide bonds. The van der Waals surface area contributed by atoms with Gasteiger partial charge in [0.1, 0.15) is 5.75 Å². The van der Waals surface area contributed by atoms with E-state index in [4.69, 9.17) is 4.74 Å². The summed E-state index contributed by atoms with van der Waals surface area (Å²) in [6.07, 6.45) is 1.45. The van der Waals surface area contributed by atoms with Crippen LogP contribution in [0.1, 0.15) is 31.8 Å². The molecule has 0 atom stereocenters. The Morgan fingerprint density at radius 1 is 0.871 bits per heavy atom. The zero-order valence-corrected chi connectivity index (χ0v) is 16.9. The lowest BCUT2D eigenvalue weighted by atomic mass is 10.1. The van der Waals surface area contributed by atoms with Crippen LogP contribution in [0.4, 0.5) is 0 Å². The molecule has 3 aromatic carbocycles. The van der Waals surface area contributed by atoms with Crippen molar-refractivity contribution in [1.29, 1.82) is 0 Å². The molecule has 0 aliphatic rings. The summed E-state index contributed by atoms with van der Waals surface area (Å²) in [6.45, 7) is 1.73. The highest BCUT2D eigenvalue weighted by Gasteiger charge is 2.08. The van der Waals surface area contributed by atoms with Crippen molar-refractivity contribution in [3.63, 3.8) is 0 Å². The van der Waals surface area contributed by atoms with Crippen molar-refractivity contribution in [2.24, 2.45) is 5.10 Å². The van der Waals surface area contributed by atoms with Gasteiger partial charge in [0, 0.05) is 5.56 Å². The number of aryl methyl sites for hydroxylation is 1. The lowest BCUT2D eigenvalue weighted by molar-refractivity contribution is -0.120. The average molecular weight is 415 g/mol. The number of carbonyl (C=O) groups excluding carboxylic acids is 3. The molecule has 0 aromatic heterocycles. The Labute approximate surface area is 179 Å². The summed E-state index contributed by atoms with van der Waals surface area (Å²) in [5.41, 5.74) is 5.04. The molecule has 2 N–H and O–H groups in total. The van der Waals surface area contributed by atoms with Crippen LogP contribution in [0.3, 0.4) is 0 Å². The van der Waals surface area contributed by atoms with Gasteiger partial charge in [-0.3, -0.25) is 9.59 Å². The number of hydrogen-bond donors (Lipinski definition) is 2. The molecule has 0 aliphatic heterocycles. The Morgan fingerprint density at radius 2 is 1.55 bits per heavy atom. The fraction of sp³-hybridized carbons (Fsp3) is 0.0833. The van der Waals surface area contributed by atoms with Gasteiger partial charge >= 0.3 is 5.97 Å². The molecule has 7 heteroatoms. The Kier molecular flexibility index (Phi) is 7.26. The van der Waals surface area contributed by atoms with Crippen LogP contribution >= 0.6 is 0 Å². The highest BCUT2D eigenvalue weighted by Crippen LogP contribution is 2.13. The fourth-order valence-corrected chi connectivity index (χ4v) is 2.55. The number of nitrogens with one attached hydrogen (secondary N) is 2. The van der Waals surface area contributed by atoms with E-state index < -0.39 is 11.9 Å². The zero-order chi connectivity index (χ0) is 22.1. The topological polar surface area (TPSA) is 96.9 Å². The molecule has 0 bridgehead atoms. The maximum Gasteiger partial charge on any atom is 0.343 e. The van der Waals surface area contributed by atoms with Crippen LogP contribution in [0.15, 0.2) is 84.0 Å². The van der Waals surface area contributed by atoms with Crippen molar-refractivity contribution in [3.05, 3.63) is 101 Å². The number of esters is 1. The van der Waals surface area contributed by atoms with Crippen LogP contribution in [0.2, 0.25) is 0 Å². The van der Waals surface area contributed by atoms with Gasteiger partial charge in [0.05, 0.1) is 18.3 Å². The fourth-order valence-electron chi connectivity index (χ4n) is 2.55. The second-order valence-electron chi connectivity index (χ2n) is 6.67. The van der Waals surface area contributed by atoms with E-state index >= 15 is 0 Å². The predicted molar refractivity (Wildman–Crippen MR) is 117 cm³/mol. The number of rotatable bonds is 7. The third-order valence-electron chi connectivity index (χ3n) is 4.23. The highest BCUT2D eigenvalue weighted by atomic mass is 16.5. The van der Waals surface area contributed by atoms with E-state index in [1.54, 1.807) is 60.7 Å². The molecule has 0 heterocycles. The monoisotopic (exact) mass is 415 g/mol. The molecule has 3 aromatic rings. The van der Waals surface area contributed by atoms with Crippen molar-refractivity contribution in [2.75, 3.05) is 6.54 Å². The number of nitrogens with zero attached hydrogens (tertiary/aromatic N) is 1. The van der Waals surface area contributed by atoms with Gasteiger partial charge in [-0.15, -0.1) is 0 Å². The van der Waals surface area contributed by atoms with Gasteiger partial charge in [0.15, 0.2) is 0 Å². The standard InChI is InChI=1S/C24H21N3O4/c1-17-7-11-19(12-8-17)23(29)25-16-22(28)27-26-15-18-9-13-21(14-10-18)31-24(30)20-5-3-2-4-6-20/h2-15H,16H2,1H3,(H,25,29)(H,27,28)/b26-15+. The van der Waals surface area contributed by atoms with E-state index in [0.29, 0.717) is 22.4 Å². The molecule has 0 saturated carbocycles. The Morgan fingerprint density at radius 3 is 2.23 bits per heavy atom. The lowest BCUT2D eigenvalue weighted by Crippen LogP contribution is -2.34. The first-order valence-corrected chi connectivity index (χ1v) is 9.55. The van der Waals surface area contributed by atoms with Crippen LogP contribution in [0.25, 0.3) is 0 Å². The number of hydrazone groups is 1. The summed E-state index contributed by atoms with van der Waals surface area (Å²) in [5.74, 6) is -0.833. The van der Waals surface area contributed by atoms with Crippen LogP contribution in [-0.4, -0.2) is 30.5 Å². The van der Waals surface area contributed by atoms with Gasteiger partial charge in [-0.05, 0) is 61.0 Å². The van der Waals surface area contributed by atoms with Gasteiger partial charge in [-0.25, -0.2) is 10.2 Å². The van der Waals surface area contributed by atoms with Gasteiger partial charge < -0.3 is 10.1 Å². The maximum atomic E-state index is 12.0. The number of benzene rings is 3. The summed E-state index contributed by atoms with van der Waals surface area (Å²) in [7, 11) is 0. The Hall–Kier alpha value is -4.26. The highest BCUT2D eigenvalue weighted by molar-refractivity contribution is 5.96. The molecule has 0 aliphatic carbocycles. The first kappa shape index (κ1) is 21.4. The van der Waals surface area contributed by atoms with Crippen LogP contribution in [-0.2, 0) is 4.79 Å². The number of ether oxygens (including phenoxy) is 1. The van der Waals surface area contributed by atoms with Crippen molar-refractivity contribution in [3.8, 4) is 5.75 Å². The molecule has 3 rings (SSSR count). The van der Waals surface area contributed by atoms with Gasteiger partial charge in [0.25, 0.3) is 11.8 Å². The number of carbonyl (C=O) groups is 3. The predicted octanol–water partition coefficient (Wildman–Crippen LogP) is 3.09. The maximum absolute atomic E-state index is 12.0. The van der Waals surface area contributed by atoms with Crippen LogP contribution < -0.4 is 15.5 Å². The molecule has 0 unspecified atom stereocenters. The average Bonchev–Trinajstić information content (AvgIpc) is 2.79. The van der Waals surface area contributed by atoms with Crippen molar-refractivity contribution >= 4 is 24.0 Å². The second-order valence-corrected chi connectivity index (χ2v) is 6.67. The molecule has 0 radical (unpaired) electrons. The summed E-state index contributed by atoms with van der Waals surface area (Å²) in [4.78, 5) is 35.9. The molecular formula is C24H21N3O4. The second kappa shape index (κ2) is 10.5. The summed E-state index contributed by atoms with van der Waals surface area (Å²) >= 11 is 0. The van der Waals surface area contributed by atoms with Gasteiger partial charge in [0.2, 0.25) is 0 Å². The van der Waals surface area contributed by atoms with E-state index in [2.05, 4.69) is 15.8 Å². The SMILES string of the molecule is Cc1ccc(C(=O)NCC(=O)N/N=C/c2ccc(OC(=O)c3ccccc3)cc2)cc1. The zero-order valence-electron chi connectivity index (χ0n) is 16.9. The number of hydrogen-bond acceptors (Lipinski definition) is 5. The molecule has 0 spiro atoms. The minimum Gasteiger partial charge on any atom is -0.423 e. The smallest absolute Gasteiger partial charge is 0.343 e. The summed E-state index contributed by atoms with van der Waals surface area (Å²) < 4.78 is 5.30. The van der Waals surface area contributed by atoms with Gasteiger partial charge in [-0.1, -0.05) is 35.9 Å². The van der Waals surface area contributed by atoms with Crippen molar-refractivity contribution < 1.29 is 19.1 Å².